The summed E-state index contributed by atoms with van der Waals surface area (Å²) in [6, 6.07) is 8.45. The van der Waals surface area contributed by atoms with Crippen molar-refractivity contribution in [3.8, 4) is 0 Å². The molecule has 1 aromatic rings. The first kappa shape index (κ1) is 14.0. The van der Waals surface area contributed by atoms with Gasteiger partial charge in [-0.05, 0) is 39.1 Å². The largest absolute Gasteiger partial charge is 0.318 e. The van der Waals surface area contributed by atoms with Crippen LogP contribution in [0.3, 0.4) is 0 Å². The first-order valence-electron chi connectivity index (χ1n) is 6.75. The number of benzene rings is 1. The van der Waals surface area contributed by atoms with Gasteiger partial charge in [-0.2, -0.15) is 0 Å². The van der Waals surface area contributed by atoms with Crippen molar-refractivity contribution >= 4 is 5.91 Å². The zero-order valence-electron chi connectivity index (χ0n) is 12.2. The zero-order valence-corrected chi connectivity index (χ0v) is 12.2. The number of hydrogen-bond acceptors (Lipinski definition) is 3. The van der Waals surface area contributed by atoms with Gasteiger partial charge >= 0.3 is 0 Å². The minimum atomic E-state index is 0.00338. The Bertz CT molecular complexity index is 458. The fourth-order valence-electron chi connectivity index (χ4n) is 2.79. The number of carbonyl (C=O) groups excluding carboxylic acids is 1. The monoisotopic (exact) mass is 261 g/mol. The van der Waals surface area contributed by atoms with Gasteiger partial charge in [0.25, 0.3) is 0 Å². The van der Waals surface area contributed by atoms with E-state index in [1.165, 1.54) is 11.1 Å². The van der Waals surface area contributed by atoms with Crippen molar-refractivity contribution < 1.29 is 4.79 Å². The standard InChI is InChI=1S/C15H23N3O/c1-11-7-5-6-8-13(11)15-16-9-14(19)18(15)12(2)10-17(3)4/h5-8,12,15-16H,9-10H2,1-4H3. The molecule has 0 aliphatic carbocycles. The third-order valence-electron chi connectivity index (χ3n) is 3.60. The predicted molar refractivity (Wildman–Crippen MR) is 76.8 cm³/mol. The van der Waals surface area contributed by atoms with Gasteiger partial charge in [0.1, 0.15) is 6.17 Å². The summed E-state index contributed by atoms with van der Waals surface area (Å²) < 4.78 is 0. The molecule has 2 unspecified atom stereocenters. The Morgan fingerprint density at radius 1 is 1.42 bits per heavy atom. The molecule has 0 spiro atoms. The molecular formula is C15H23N3O. The molecule has 2 rings (SSSR count). The molecule has 1 N–H and O–H groups in total. The van der Waals surface area contributed by atoms with Crippen molar-refractivity contribution in [2.45, 2.75) is 26.1 Å². The van der Waals surface area contributed by atoms with E-state index in [-0.39, 0.29) is 18.1 Å². The number of likely N-dealkylation sites (N-methyl/N-ethyl adjacent to an activating group) is 1. The fourth-order valence-corrected chi connectivity index (χ4v) is 2.79. The van der Waals surface area contributed by atoms with E-state index in [1.54, 1.807) is 0 Å². The van der Waals surface area contributed by atoms with Gasteiger partial charge in [-0.25, -0.2) is 0 Å². The summed E-state index contributed by atoms with van der Waals surface area (Å²) in [6.45, 7) is 5.50. The van der Waals surface area contributed by atoms with E-state index in [9.17, 15) is 4.79 Å². The van der Waals surface area contributed by atoms with E-state index in [2.05, 4.69) is 36.2 Å². The molecule has 4 heteroatoms. The molecule has 19 heavy (non-hydrogen) atoms. The summed E-state index contributed by atoms with van der Waals surface area (Å²) in [5.74, 6) is 0.183. The van der Waals surface area contributed by atoms with Gasteiger partial charge in [-0.15, -0.1) is 0 Å². The number of amides is 1. The highest BCUT2D eigenvalue weighted by Crippen LogP contribution is 2.27. The number of rotatable bonds is 4. The summed E-state index contributed by atoms with van der Waals surface area (Å²) in [5, 5.41) is 3.33. The van der Waals surface area contributed by atoms with E-state index in [0.29, 0.717) is 6.54 Å². The Morgan fingerprint density at radius 2 is 2.11 bits per heavy atom. The molecule has 0 bridgehead atoms. The van der Waals surface area contributed by atoms with E-state index < -0.39 is 0 Å². The van der Waals surface area contributed by atoms with Crippen LogP contribution in [0.1, 0.15) is 24.2 Å². The highest BCUT2D eigenvalue weighted by molar-refractivity contribution is 5.81. The Morgan fingerprint density at radius 3 is 2.74 bits per heavy atom. The second-order valence-electron chi connectivity index (χ2n) is 5.55. The van der Waals surface area contributed by atoms with Crippen LogP contribution < -0.4 is 5.32 Å². The number of aryl methyl sites for hydroxylation is 1. The Kier molecular flexibility index (Phi) is 4.22. The number of carbonyl (C=O) groups is 1. The van der Waals surface area contributed by atoms with Crippen LogP contribution in [0.4, 0.5) is 0 Å². The fraction of sp³-hybridized carbons (Fsp3) is 0.533. The molecule has 104 valence electrons. The molecular weight excluding hydrogens is 238 g/mol. The summed E-state index contributed by atoms with van der Waals surface area (Å²) in [7, 11) is 4.07. The van der Waals surface area contributed by atoms with Crippen molar-refractivity contribution in [2.24, 2.45) is 0 Å². The first-order chi connectivity index (χ1) is 9.00. The van der Waals surface area contributed by atoms with Gasteiger partial charge in [0.2, 0.25) is 5.91 Å². The Balaban J connectivity index is 2.25. The van der Waals surface area contributed by atoms with Gasteiger partial charge in [-0.3, -0.25) is 10.1 Å². The molecule has 1 aromatic carbocycles. The van der Waals surface area contributed by atoms with Crippen LogP contribution in [0.2, 0.25) is 0 Å². The van der Waals surface area contributed by atoms with Gasteiger partial charge < -0.3 is 9.80 Å². The average molecular weight is 261 g/mol. The average Bonchev–Trinajstić information content (AvgIpc) is 2.70. The van der Waals surface area contributed by atoms with E-state index in [4.69, 9.17) is 0 Å². The quantitative estimate of drug-likeness (QED) is 0.889. The Hall–Kier alpha value is -1.39. The van der Waals surface area contributed by atoms with Gasteiger partial charge in [-0.1, -0.05) is 24.3 Å². The van der Waals surface area contributed by atoms with Crippen molar-refractivity contribution in [1.82, 2.24) is 15.1 Å². The molecule has 2 atom stereocenters. The van der Waals surface area contributed by atoms with Crippen LogP contribution in [0.25, 0.3) is 0 Å². The van der Waals surface area contributed by atoms with Crippen molar-refractivity contribution in [3.05, 3.63) is 35.4 Å². The van der Waals surface area contributed by atoms with Crippen molar-refractivity contribution in [1.29, 1.82) is 0 Å². The topological polar surface area (TPSA) is 35.6 Å². The maximum Gasteiger partial charge on any atom is 0.238 e. The number of nitrogens with one attached hydrogen (secondary N) is 1. The second-order valence-corrected chi connectivity index (χ2v) is 5.55. The molecule has 4 nitrogen and oxygen atoms in total. The molecule has 1 aliphatic rings. The molecule has 0 saturated carbocycles. The lowest BCUT2D eigenvalue weighted by molar-refractivity contribution is -0.130. The Labute approximate surface area is 115 Å². The van der Waals surface area contributed by atoms with Crippen molar-refractivity contribution in [2.75, 3.05) is 27.2 Å². The summed E-state index contributed by atoms with van der Waals surface area (Å²) >= 11 is 0. The normalized spacial score (nSPS) is 21.2. The van der Waals surface area contributed by atoms with Crippen LogP contribution >= 0.6 is 0 Å². The first-order valence-corrected chi connectivity index (χ1v) is 6.75. The highest BCUT2D eigenvalue weighted by atomic mass is 16.2. The summed E-state index contributed by atoms with van der Waals surface area (Å²) in [5.41, 5.74) is 2.41. The van der Waals surface area contributed by atoms with Gasteiger partial charge in [0.15, 0.2) is 0 Å². The molecule has 1 saturated heterocycles. The number of nitrogens with zero attached hydrogens (tertiary/aromatic N) is 2. The minimum absolute atomic E-state index is 0.00338. The lowest BCUT2D eigenvalue weighted by Crippen LogP contribution is -2.43. The number of hydrogen-bond donors (Lipinski definition) is 1. The molecule has 1 fully saturated rings. The van der Waals surface area contributed by atoms with Gasteiger partial charge in [0.05, 0.1) is 6.54 Å². The SMILES string of the molecule is Cc1ccccc1C1NCC(=O)N1C(C)CN(C)C. The van der Waals surface area contributed by atoms with E-state index in [1.807, 2.05) is 31.1 Å². The van der Waals surface area contributed by atoms with E-state index >= 15 is 0 Å². The lowest BCUT2D eigenvalue weighted by Gasteiger charge is -2.33. The second kappa shape index (κ2) is 5.72. The summed E-state index contributed by atoms with van der Waals surface area (Å²) in [6.07, 6.45) is 0.00338. The van der Waals surface area contributed by atoms with Crippen LogP contribution in [0.15, 0.2) is 24.3 Å². The van der Waals surface area contributed by atoms with Crippen LogP contribution in [-0.2, 0) is 4.79 Å². The predicted octanol–water partition coefficient (Wildman–Crippen LogP) is 1.38. The van der Waals surface area contributed by atoms with Crippen LogP contribution in [0, 0.1) is 6.92 Å². The molecule has 0 radical (unpaired) electrons. The maximum absolute atomic E-state index is 12.1. The third kappa shape index (κ3) is 2.96. The minimum Gasteiger partial charge on any atom is -0.318 e. The van der Waals surface area contributed by atoms with E-state index in [0.717, 1.165) is 6.54 Å². The smallest absolute Gasteiger partial charge is 0.238 e. The maximum atomic E-state index is 12.1. The molecule has 1 heterocycles. The van der Waals surface area contributed by atoms with Crippen molar-refractivity contribution in [3.63, 3.8) is 0 Å². The van der Waals surface area contributed by atoms with Gasteiger partial charge in [0, 0.05) is 12.6 Å². The summed E-state index contributed by atoms with van der Waals surface area (Å²) in [4.78, 5) is 16.2. The molecule has 0 aromatic heterocycles. The highest BCUT2D eigenvalue weighted by Gasteiger charge is 2.35. The lowest BCUT2D eigenvalue weighted by atomic mass is 10.1. The molecule has 1 aliphatic heterocycles. The zero-order chi connectivity index (χ0) is 14.0. The third-order valence-corrected chi connectivity index (χ3v) is 3.60. The molecule has 1 amide bonds. The van der Waals surface area contributed by atoms with Crippen LogP contribution in [0.5, 0.6) is 0 Å². The van der Waals surface area contributed by atoms with Crippen LogP contribution in [-0.4, -0.2) is 48.9 Å².